The van der Waals surface area contributed by atoms with Crippen molar-refractivity contribution in [3.8, 4) is 0 Å². The van der Waals surface area contributed by atoms with E-state index in [1.165, 1.54) is 0 Å². The second-order valence-electron chi connectivity index (χ2n) is 3.99. The highest BCUT2D eigenvalue weighted by Crippen LogP contribution is 2.11. The van der Waals surface area contributed by atoms with Gasteiger partial charge in [0.15, 0.2) is 5.76 Å². The number of nitrogens with two attached hydrogens (primary N) is 1. The van der Waals surface area contributed by atoms with Gasteiger partial charge in [-0.2, -0.15) is 0 Å². The largest absolute Gasteiger partial charge is 0.455 e. The number of carbonyl (C=O) groups excluding carboxylic acids is 1. The number of hydrogen-bond acceptors (Lipinski definition) is 4. The van der Waals surface area contributed by atoms with Crippen LogP contribution in [0.25, 0.3) is 0 Å². The molecule has 2 N–H and O–H groups in total. The van der Waals surface area contributed by atoms with Gasteiger partial charge in [-0.3, -0.25) is 9.78 Å². The Balaban J connectivity index is 2.05. The number of aromatic nitrogens is 1. The summed E-state index contributed by atoms with van der Waals surface area (Å²) in [6.07, 6.45) is 3.40. The molecular formula is C13H15N3O2. The van der Waals surface area contributed by atoms with Crippen LogP contribution < -0.4 is 5.73 Å². The molecule has 0 fully saturated rings. The fraction of sp³-hybridized carbons (Fsp3) is 0.231. The Kier molecular flexibility index (Phi) is 3.74. The quantitative estimate of drug-likeness (QED) is 0.883. The summed E-state index contributed by atoms with van der Waals surface area (Å²) in [6, 6.07) is 7.11. The van der Waals surface area contributed by atoms with E-state index < -0.39 is 0 Å². The highest BCUT2D eigenvalue weighted by Gasteiger charge is 2.15. The van der Waals surface area contributed by atoms with Crippen LogP contribution >= 0.6 is 0 Å². The summed E-state index contributed by atoms with van der Waals surface area (Å²) in [5.74, 6) is 0.758. The van der Waals surface area contributed by atoms with E-state index >= 15 is 0 Å². The normalized spacial score (nSPS) is 10.3. The summed E-state index contributed by atoms with van der Waals surface area (Å²) in [5, 5.41) is 0. The van der Waals surface area contributed by atoms with Crippen LogP contribution in [-0.4, -0.2) is 22.8 Å². The van der Waals surface area contributed by atoms with Crippen molar-refractivity contribution < 1.29 is 9.21 Å². The standard InChI is InChI=1S/C13H15N3O2/c1-16(9-10-4-6-15-7-5-10)13(17)12-3-2-11(8-14)18-12/h2-7H,8-9,14H2,1H3. The van der Waals surface area contributed by atoms with E-state index in [2.05, 4.69) is 4.98 Å². The minimum atomic E-state index is -0.161. The number of amides is 1. The first-order valence-electron chi connectivity index (χ1n) is 5.64. The van der Waals surface area contributed by atoms with Crippen LogP contribution in [0.4, 0.5) is 0 Å². The van der Waals surface area contributed by atoms with Gasteiger partial charge in [0, 0.05) is 26.0 Å². The molecule has 0 aliphatic rings. The molecular weight excluding hydrogens is 230 g/mol. The molecule has 0 radical (unpaired) electrons. The average molecular weight is 245 g/mol. The smallest absolute Gasteiger partial charge is 0.289 e. The molecule has 2 heterocycles. The predicted octanol–water partition coefficient (Wildman–Crippen LogP) is 1.41. The van der Waals surface area contributed by atoms with E-state index in [0.29, 0.717) is 24.6 Å². The molecule has 2 aromatic heterocycles. The maximum atomic E-state index is 12.1. The molecule has 2 aromatic rings. The first-order chi connectivity index (χ1) is 8.70. The number of nitrogens with zero attached hydrogens (tertiary/aromatic N) is 2. The molecule has 0 saturated heterocycles. The molecule has 0 atom stereocenters. The van der Waals surface area contributed by atoms with E-state index in [4.69, 9.17) is 10.2 Å². The molecule has 0 spiro atoms. The topological polar surface area (TPSA) is 72.4 Å². The van der Waals surface area contributed by atoms with Crippen molar-refractivity contribution in [2.45, 2.75) is 13.1 Å². The zero-order chi connectivity index (χ0) is 13.0. The van der Waals surface area contributed by atoms with Gasteiger partial charge in [-0.05, 0) is 29.8 Å². The van der Waals surface area contributed by atoms with Crippen molar-refractivity contribution in [3.63, 3.8) is 0 Å². The summed E-state index contributed by atoms with van der Waals surface area (Å²) in [5.41, 5.74) is 6.46. The number of furan rings is 1. The lowest BCUT2D eigenvalue weighted by Gasteiger charge is -2.15. The Hall–Kier alpha value is -2.14. The van der Waals surface area contributed by atoms with Gasteiger partial charge in [0.2, 0.25) is 0 Å². The van der Waals surface area contributed by atoms with Gasteiger partial charge >= 0.3 is 0 Å². The molecule has 5 heteroatoms. The molecule has 94 valence electrons. The summed E-state index contributed by atoms with van der Waals surface area (Å²) >= 11 is 0. The van der Waals surface area contributed by atoms with Crippen molar-refractivity contribution in [1.29, 1.82) is 0 Å². The molecule has 1 amide bonds. The molecule has 2 rings (SSSR count). The molecule has 5 nitrogen and oxygen atoms in total. The van der Waals surface area contributed by atoms with Gasteiger partial charge in [0.25, 0.3) is 5.91 Å². The predicted molar refractivity (Wildman–Crippen MR) is 66.6 cm³/mol. The van der Waals surface area contributed by atoms with Crippen LogP contribution in [0.15, 0.2) is 41.1 Å². The molecule has 0 bridgehead atoms. The third-order valence-electron chi connectivity index (χ3n) is 2.59. The fourth-order valence-electron chi connectivity index (χ4n) is 1.62. The third kappa shape index (κ3) is 2.75. The second-order valence-corrected chi connectivity index (χ2v) is 3.99. The van der Waals surface area contributed by atoms with E-state index in [9.17, 15) is 4.79 Å². The van der Waals surface area contributed by atoms with Crippen molar-refractivity contribution in [1.82, 2.24) is 9.88 Å². The number of rotatable bonds is 4. The lowest BCUT2D eigenvalue weighted by molar-refractivity contribution is 0.0751. The molecule has 0 saturated carbocycles. The van der Waals surface area contributed by atoms with E-state index in [1.54, 1.807) is 36.5 Å². The van der Waals surface area contributed by atoms with Gasteiger partial charge in [0.1, 0.15) is 5.76 Å². The maximum Gasteiger partial charge on any atom is 0.289 e. The molecule has 0 aliphatic carbocycles. The Morgan fingerprint density at radius 3 is 2.67 bits per heavy atom. The van der Waals surface area contributed by atoms with Crippen LogP contribution in [0.5, 0.6) is 0 Å². The second kappa shape index (κ2) is 5.46. The first kappa shape index (κ1) is 12.3. The number of carbonyl (C=O) groups is 1. The maximum absolute atomic E-state index is 12.1. The Morgan fingerprint density at radius 2 is 2.06 bits per heavy atom. The van der Waals surface area contributed by atoms with Gasteiger partial charge in [0.05, 0.1) is 6.54 Å². The van der Waals surface area contributed by atoms with E-state index in [-0.39, 0.29) is 5.91 Å². The van der Waals surface area contributed by atoms with E-state index in [0.717, 1.165) is 5.56 Å². The van der Waals surface area contributed by atoms with Crippen molar-refractivity contribution in [3.05, 3.63) is 53.7 Å². The highest BCUT2D eigenvalue weighted by atomic mass is 16.4. The Bertz CT molecular complexity index is 522. The molecule has 18 heavy (non-hydrogen) atoms. The summed E-state index contributed by atoms with van der Waals surface area (Å²) in [4.78, 5) is 17.6. The monoisotopic (exact) mass is 245 g/mol. The van der Waals surface area contributed by atoms with Crippen LogP contribution in [-0.2, 0) is 13.1 Å². The SMILES string of the molecule is CN(Cc1ccncc1)C(=O)c1ccc(CN)o1. The number of pyridine rings is 1. The molecule has 0 aliphatic heterocycles. The Morgan fingerprint density at radius 1 is 1.33 bits per heavy atom. The third-order valence-corrected chi connectivity index (χ3v) is 2.59. The van der Waals surface area contributed by atoms with Crippen LogP contribution in [0.3, 0.4) is 0 Å². The van der Waals surface area contributed by atoms with Crippen molar-refractivity contribution in [2.75, 3.05) is 7.05 Å². The van der Waals surface area contributed by atoms with Gasteiger partial charge in [-0.25, -0.2) is 0 Å². The minimum Gasteiger partial charge on any atom is -0.455 e. The zero-order valence-corrected chi connectivity index (χ0v) is 10.2. The Labute approximate surface area is 105 Å². The van der Waals surface area contributed by atoms with Gasteiger partial charge in [-0.1, -0.05) is 0 Å². The zero-order valence-electron chi connectivity index (χ0n) is 10.2. The number of hydrogen-bond donors (Lipinski definition) is 1. The minimum absolute atomic E-state index is 0.161. The summed E-state index contributed by atoms with van der Waals surface area (Å²) in [7, 11) is 1.73. The average Bonchev–Trinajstić information content (AvgIpc) is 2.87. The van der Waals surface area contributed by atoms with Gasteiger partial charge < -0.3 is 15.1 Å². The van der Waals surface area contributed by atoms with Crippen molar-refractivity contribution >= 4 is 5.91 Å². The summed E-state index contributed by atoms with van der Waals surface area (Å²) < 4.78 is 5.32. The fourth-order valence-corrected chi connectivity index (χ4v) is 1.62. The summed E-state index contributed by atoms with van der Waals surface area (Å²) in [6.45, 7) is 0.807. The molecule has 0 aromatic carbocycles. The first-order valence-corrected chi connectivity index (χ1v) is 5.64. The van der Waals surface area contributed by atoms with Crippen LogP contribution in [0, 0.1) is 0 Å². The van der Waals surface area contributed by atoms with Crippen LogP contribution in [0.1, 0.15) is 21.9 Å². The van der Waals surface area contributed by atoms with Gasteiger partial charge in [-0.15, -0.1) is 0 Å². The molecule has 0 unspecified atom stereocenters. The lowest BCUT2D eigenvalue weighted by atomic mass is 10.2. The lowest BCUT2D eigenvalue weighted by Crippen LogP contribution is -2.25. The van der Waals surface area contributed by atoms with Crippen LogP contribution in [0.2, 0.25) is 0 Å². The highest BCUT2D eigenvalue weighted by molar-refractivity contribution is 5.91. The van der Waals surface area contributed by atoms with Crippen molar-refractivity contribution in [2.24, 2.45) is 5.73 Å². The van der Waals surface area contributed by atoms with E-state index in [1.807, 2.05) is 12.1 Å².